The van der Waals surface area contributed by atoms with Gasteiger partial charge in [0, 0.05) is 18.7 Å². The van der Waals surface area contributed by atoms with Crippen LogP contribution in [-0.4, -0.2) is 73.5 Å². The Balaban J connectivity index is 2.20. The molecule has 0 aromatic heterocycles. The van der Waals surface area contributed by atoms with Crippen molar-refractivity contribution in [2.45, 2.75) is 9.96 Å². The number of hydrogen-bond donors (Lipinski definition) is 2. The van der Waals surface area contributed by atoms with Crippen LogP contribution < -0.4 is 24.8 Å². The molecule has 1 fully saturated rings. The molecule has 1 atom stereocenters. The van der Waals surface area contributed by atoms with Gasteiger partial charge in [0.2, 0.25) is 9.54 Å². The van der Waals surface area contributed by atoms with Crippen molar-refractivity contribution < 1.29 is 23.7 Å². The second kappa shape index (κ2) is 10.6. The van der Waals surface area contributed by atoms with Crippen LogP contribution in [0.5, 0.6) is 17.2 Å². The molecule has 0 radical (unpaired) electrons. The number of hydrogen-bond acceptors (Lipinski definition) is 6. The van der Waals surface area contributed by atoms with Gasteiger partial charge < -0.3 is 34.5 Å². The number of amides is 1. The molecule has 1 saturated heterocycles. The summed E-state index contributed by atoms with van der Waals surface area (Å²) in [5.41, 5.74) is 0.220. The van der Waals surface area contributed by atoms with Gasteiger partial charge in [-0.2, -0.15) is 0 Å². The van der Waals surface area contributed by atoms with Crippen LogP contribution in [-0.2, 0) is 4.74 Å². The van der Waals surface area contributed by atoms with Gasteiger partial charge in [-0.1, -0.05) is 34.8 Å². The Labute approximate surface area is 189 Å². The molecule has 1 aliphatic rings. The third-order valence-corrected chi connectivity index (χ3v) is 5.13. The van der Waals surface area contributed by atoms with Crippen molar-refractivity contribution in [2.24, 2.45) is 0 Å². The lowest BCUT2D eigenvalue weighted by atomic mass is 10.1. The molecule has 1 aliphatic heterocycles. The fourth-order valence-electron chi connectivity index (χ4n) is 2.61. The highest BCUT2D eigenvalue weighted by Gasteiger charge is 2.36. The summed E-state index contributed by atoms with van der Waals surface area (Å²) in [5.74, 6) is 0.465. The summed E-state index contributed by atoms with van der Waals surface area (Å²) in [6.45, 7) is 2.27. The van der Waals surface area contributed by atoms with Crippen LogP contribution in [0.15, 0.2) is 12.1 Å². The van der Waals surface area contributed by atoms with Crippen molar-refractivity contribution in [1.82, 2.24) is 15.5 Å². The van der Waals surface area contributed by atoms with Gasteiger partial charge in [0.25, 0.3) is 5.91 Å². The van der Waals surface area contributed by atoms with Crippen LogP contribution in [0.3, 0.4) is 0 Å². The molecule has 1 aromatic rings. The largest absolute Gasteiger partial charge is 0.493 e. The van der Waals surface area contributed by atoms with E-state index in [1.54, 1.807) is 0 Å². The zero-order valence-corrected chi connectivity index (χ0v) is 19.2. The number of benzene rings is 1. The quantitative estimate of drug-likeness (QED) is 0.360. The number of rotatable bonds is 6. The molecule has 29 heavy (non-hydrogen) atoms. The highest BCUT2D eigenvalue weighted by Crippen LogP contribution is 2.38. The first-order valence-corrected chi connectivity index (χ1v) is 10.1. The molecule has 162 valence electrons. The molecule has 2 N–H and O–H groups in total. The molecule has 12 heteroatoms. The Kier molecular flexibility index (Phi) is 8.72. The van der Waals surface area contributed by atoms with Gasteiger partial charge in [0.15, 0.2) is 16.6 Å². The van der Waals surface area contributed by atoms with E-state index < -0.39 is 15.9 Å². The average molecular weight is 487 g/mol. The fourth-order valence-corrected chi connectivity index (χ4v) is 3.24. The van der Waals surface area contributed by atoms with Gasteiger partial charge >= 0.3 is 0 Å². The Bertz CT molecular complexity index is 717. The number of nitrogens with one attached hydrogen (secondary N) is 2. The van der Waals surface area contributed by atoms with E-state index >= 15 is 0 Å². The number of nitrogens with zero attached hydrogens (tertiary/aromatic N) is 1. The SMILES string of the molecule is COc1cc(C(=O)N[C@@H](NC(=S)N2CCOCC2)C(Cl)(Cl)Cl)cc(OC)c1OC. The van der Waals surface area contributed by atoms with E-state index in [0.717, 1.165) is 0 Å². The van der Waals surface area contributed by atoms with E-state index in [4.69, 9.17) is 66.0 Å². The van der Waals surface area contributed by atoms with Gasteiger partial charge in [-0.15, -0.1) is 0 Å². The zero-order chi connectivity index (χ0) is 21.6. The molecule has 0 spiro atoms. The van der Waals surface area contributed by atoms with E-state index in [2.05, 4.69) is 10.6 Å². The van der Waals surface area contributed by atoms with Crippen LogP contribution in [0.2, 0.25) is 0 Å². The molecule has 0 aliphatic carbocycles. The van der Waals surface area contributed by atoms with Crippen LogP contribution in [0.25, 0.3) is 0 Å². The predicted molar refractivity (Wildman–Crippen MR) is 116 cm³/mol. The zero-order valence-electron chi connectivity index (χ0n) is 16.1. The number of morpholine rings is 1. The van der Waals surface area contributed by atoms with Crippen molar-refractivity contribution in [3.63, 3.8) is 0 Å². The smallest absolute Gasteiger partial charge is 0.253 e. The molecule has 1 aromatic carbocycles. The number of methoxy groups -OCH3 is 3. The molecule has 1 amide bonds. The van der Waals surface area contributed by atoms with E-state index in [9.17, 15) is 4.79 Å². The molecule has 1 heterocycles. The molecular formula is C17H22Cl3N3O5S. The third-order valence-electron chi connectivity index (χ3n) is 4.10. The van der Waals surface area contributed by atoms with Crippen molar-refractivity contribution in [3.05, 3.63) is 17.7 Å². The monoisotopic (exact) mass is 485 g/mol. The topological polar surface area (TPSA) is 81.3 Å². The first-order valence-electron chi connectivity index (χ1n) is 8.52. The van der Waals surface area contributed by atoms with Crippen molar-refractivity contribution in [2.75, 3.05) is 47.6 Å². The Morgan fingerprint density at radius 2 is 1.66 bits per heavy atom. The fraction of sp³-hybridized carbons (Fsp3) is 0.529. The van der Waals surface area contributed by atoms with Gasteiger partial charge in [-0.3, -0.25) is 4.79 Å². The van der Waals surface area contributed by atoms with Gasteiger partial charge in [-0.05, 0) is 24.4 Å². The number of thiocarbonyl (C=S) groups is 1. The molecule has 0 saturated carbocycles. The first-order chi connectivity index (χ1) is 13.7. The minimum Gasteiger partial charge on any atom is -0.493 e. The molecule has 0 bridgehead atoms. The lowest BCUT2D eigenvalue weighted by molar-refractivity contribution is 0.0671. The number of carbonyl (C=O) groups excluding carboxylic acids is 1. The Morgan fingerprint density at radius 1 is 1.10 bits per heavy atom. The average Bonchev–Trinajstić information content (AvgIpc) is 2.71. The van der Waals surface area contributed by atoms with Crippen LogP contribution in [0.4, 0.5) is 0 Å². The van der Waals surface area contributed by atoms with Crippen molar-refractivity contribution >= 4 is 58.0 Å². The molecule has 2 rings (SSSR count). The van der Waals surface area contributed by atoms with E-state index in [1.165, 1.54) is 33.5 Å². The lowest BCUT2D eigenvalue weighted by Gasteiger charge is -2.34. The Morgan fingerprint density at radius 3 is 2.10 bits per heavy atom. The maximum absolute atomic E-state index is 12.8. The summed E-state index contributed by atoms with van der Waals surface area (Å²) in [4.78, 5) is 14.7. The number of carbonyl (C=O) groups is 1. The van der Waals surface area contributed by atoms with Crippen molar-refractivity contribution in [1.29, 1.82) is 0 Å². The number of halogens is 3. The molecule has 0 unspecified atom stereocenters. The standard InChI is InChI=1S/C17H22Cl3N3O5S/c1-25-11-8-10(9-12(26-2)13(11)27-3)14(24)21-15(17(18,19)20)22-16(29)23-4-6-28-7-5-23/h8-9,15H,4-7H2,1-3H3,(H,21,24)(H,22,29)/t15-/m0/s1. The predicted octanol–water partition coefficient (Wildman–Crippen LogP) is 2.35. The molecule has 8 nitrogen and oxygen atoms in total. The maximum Gasteiger partial charge on any atom is 0.253 e. The summed E-state index contributed by atoms with van der Waals surface area (Å²) < 4.78 is 19.2. The summed E-state index contributed by atoms with van der Waals surface area (Å²) in [6.07, 6.45) is -1.09. The van der Waals surface area contributed by atoms with Gasteiger partial charge in [0.05, 0.1) is 34.5 Å². The van der Waals surface area contributed by atoms with Crippen LogP contribution in [0.1, 0.15) is 10.4 Å². The van der Waals surface area contributed by atoms with Gasteiger partial charge in [0.1, 0.15) is 6.17 Å². The van der Waals surface area contributed by atoms with E-state index in [0.29, 0.717) is 48.7 Å². The highest BCUT2D eigenvalue weighted by atomic mass is 35.6. The third kappa shape index (κ3) is 6.29. The van der Waals surface area contributed by atoms with E-state index in [-0.39, 0.29) is 5.56 Å². The maximum atomic E-state index is 12.8. The van der Waals surface area contributed by atoms with Gasteiger partial charge in [-0.25, -0.2) is 0 Å². The van der Waals surface area contributed by atoms with Crippen LogP contribution >= 0.6 is 47.0 Å². The minimum atomic E-state index is -1.87. The highest BCUT2D eigenvalue weighted by molar-refractivity contribution is 7.80. The first kappa shape index (κ1) is 23.9. The number of alkyl halides is 3. The minimum absolute atomic E-state index is 0.220. The normalized spacial score (nSPS) is 15.3. The van der Waals surface area contributed by atoms with E-state index in [1.807, 2.05) is 4.90 Å². The summed E-state index contributed by atoms with van der Waals surface area (Å²) >= 11 is 23.6. The Hall–Kier alpha value is -1.39. The second-order valence-corrected chi connectivity index (χ2v) is 8.67. The number of ether oxygens (including phenoxy) is 4. The summed E-state index contributed by atoms with van der Waals surface area (Å²) in [5, 5.41) is 5.88. The lowest BCUT2D eigenvalue weighted by Crippen LogP contribution is -2.59. The summed E-state index contributed by atoms with van der Waals surface area (Å²) in [7, 11) is 4.37. The second-order valence-electron chi connectivity index (χ2n) is 5.91. The molecular weight excluding hydrogens is 465 g/mol. The van der Waals surface area contributed by atoms with Crippen molar-refractivity contribution in [3.8, 4) is 17.2 Å². The summed E-state index contributed by atoms with van der Waals surface area (Å²) in [6, 6.07) is 2.98. The van der Waals surface area contributed by atoms with Crippen LogP contribution in [0, 0.1) is 0 Å².